The van der Waals surface area contributed by atoms with Crippen molar-refractivity contribution in [2.24, 2.45) is 5.16 Å². The summed E-state index contributed by atoms with van der Waals surface area (Å²) in [5, 5.41) is 26.4. The summed E-state index contributed by atoms with van der Waals surface area (Å²) < 4.78 is 5.41. The molecule has 9 nitrogen and oxygen atoms in total. The van der Waals surface area contributed by atoms with E-state index in [0.29, 0.717) is 45.4 Å². The average molecular weight is 461 g/mol. The molecular formula is C25H28N6O3. The Balaban J connectivity index is 2.13. The Hall–Kier alpha value is -4.27. The average Bonchev–Trinajstić information content (AvgIpc) is 2.77. The molecule has 0 aliphatic carbocycles. The number of carbonyl (C=O) groups excluding carboxylic acids is 1. The maximum absolute atomic E-state index is 12.5. The van der Waals surface area contributed by atoms with Crippen LogP contribution in [0.4, 0.5) is 22.0 Å². The number of ether oxygens (including phenoxy) is 1. The van der Waals surface area contributed by atoms with Gasteiger partial charge in [0, 0.05) is 23.0 Å². The summed E-state index contributed by atoms with van der Waals surface area (Å²) in [6.45, 7) is 8.86. The van der Waals surface area contributed by atoms with E-state index in [-0.39, 0.29) is 0 Å². The predicted octanol–water partition coefficient (Wildman–Crippen LogP) is 5.74. The van der Waals surface area contributed by atoms with Gasteiger partial charge in [0.2, 0.25) is 0 Å². The van der Waals surface area contributed by atoms with Crippen LogP contribution in [-0.2, 0) is 4.74 Å². The first kappa shape index (κ1) is 24.4. The minimum absolute atomic E-state index is 0.368. The number of rotatable bonds is 6. The number of aryl methyl sites for hydroxylation is 1. The fourth-order valence-electron chi connectivity index (χ4n) is 3.18. The third-order valence-electron chi connectivity index (χ3n) is 4.68. The SMILES string of the molecule is C/C(=N/O)c1cccc(-c2cc(NC(=O)OC(C)(C)C)c(C=N)c(Nc3cccc(C)n3)c2)n1. The highest BCUT2D eigenvalue weighted by molar-refractivity contribution is 6.01. The highest BCUT2D eigenvalue weighted by Crippen LogP contribution is 2.33. The monoisotopic (exact) mass is 460 g/mol. The summed E-state index contributed by atoms with van der Waals surface area (Å²) >= 11 is 0. The predicted molar refractivity (Wildman–Crippen MR) is 134 cm³/mol. The van der Waals surface area contributed by atoms with Crippen molar-refractivity contribution < 1.29 is 14.7 Å². The Labute approximate surface area is 198 Å². The minimum Gasteiger partial charge on any atom is -0.444 e. The highest BCUT2D eigenvalue weighted by Gasteiger charge is 2.19. The van der Waals surface area contributed by atoms with Gasteiger partial charge in [0.25, 0.3) is 0 Å². The summed E-state index contributed by atoms with van der Waals surface area (Å²) in [5.41, 5.74) is 3.65. The van der Waals surface area contributed by atoms with E-state index in [4.69, 9.17) is 15.4 Å². The van der Waals surface area contributed by atoms with Crippen molar-refractivity contribution in [3.8, 4) is 11.3 Å². The van der Waals surface area contributed by atoms with E-state index in [9.17, 15) is 4.79 Å². The standard InChI is InChI=1S/C25H28N6O3/c1-15-8-6-11-23(27-15)29-21-12-17(20-10-7-9-19(28-20)16(2)31-33)13-22(18(21)14-26)30-24(32)34-25(3,4)5/h6-14,26,33H,1-5H3,(H,27,29)(H,30,32)/b26-14?,31-16-. The molecule has 0 spiro atoms. The Bertz CT molecular complexity index is 1250. The highest BCUT2D eigenvalue weighted by atomic mass is 16.6. The van der Waals surface area contributed by atoms with Gasteiger partial charge in [0.1, 0.15) is 17.1 Å². The topological polar surface area (TPSA) is 133 Å². The lowest BCUT2D eigenvalue weighted by Gasteiger charge is -2.21. The first-order valence-corrected chi connectivity index (χ1v) is 10.7. The minimum atomic E-state index is -0.684. The van der Waals surface area contributed by atoms with Crippen LogP contribution < -0.4 is 10.6 Å². The molecule has 1 aromatic carbocycles. The summed E-state index contributed by atoms with van der Waals surface area (Å²) in [6.07, 6.45) is 0.512. The van der Waals surface area contributed by atoms with E-state index in [1.165, 1.54) is 0 Å². The van der Waals surface area contributed by atoms with E-state index in [0.717, 1.165) is 11.9 Å². The first-order chi connectivity index (χ1) is 16.1. The number of nitrogens with one attached hydrogen (secondary N) is 3. The molecule has 0 saturated carbocycles. The third-order valence-corrected chi connectivity index (χ3v) is 4.68. The molecule has 0 atom stereocenters. The maximum atomic E-state index is 12.5. The van der Waals surface area contributed by atoms with Gasteiger partial charge in [-0.1, -0.05) is 17.3 Å². The van der Waals surface area contributed by atoms with Crippen molar-refractivity contribution in [1.29, 1.82) is 5.41 Å². The molecule has 4 N–H and O–H groups in total. The number of hydrogen-bond donors (Lipinski definition) is 4. The molecule has 34 heavy (non-hydrogen) atoms. The Morgan fingerprint density at radius 2 is 1.82 bits per heavy atom. The molecule has 2 aromatic heterocycles. The summed E-state index contributed by atoms with van der Waals surface area (Å²) in [5.74, 6) is 0.591. The van der Waals surface area contributed by atoms with Crippen LogP contribution in [0.5, 0.6) is 0 Å². The van der Waals surface area contributed by atoms with Gasteiger partial charge >= 0.3 is 6.09 Å². The van der Waals surface area contributed by atoms with Gasteiger partial charge in [-0.2, -0.15) is 0 Å². The van der Waals surface area contributed by atoms with E-state index in [2.05, 4.69) is 25.8 Å². The van der Waals surface area contributed by atoms with Gasteiger partial charge < -0.3 is 20.7 Å². The Morgan fingerprint density at radius 1 is 1.12 bits per heavy atom. The number of oxime groups is 1. The van der Waals surface area contributed by atoms with Gasteiger partial charge in [0.05, 0.1) is 22.8 Å². The molecule has 0 bridgehead atoms. The molecule has 176 valence electrons. The lowest BCUT2D eigenvalue weighted by molar-refractivity contribution is 0.0636. The number of nitrogens with zero attached hydrogens (tertiary/aromatic N) is 3. The summed E-state index contributed by atoms with van der Waals surface area (Å²) in [4.78, 5) is 21.6. The summed E-state index contributed by atoms with van der Waals surface area (Å²) in [6, 6.07) is 14.5. The Kier molecular flexibility index (Phi) is 7.25. The van der Waals surface area contributed by atoms with Crippen molar-refractivity contribution >= 4 is 35.2 Å². The van der Waals surface area contributed by atoms with E-state index in [1.807, 2.05) is 31.2 Å². The van der Waals surface area contributed by atoms with Crippen LogP contribution in [0.2, 0.25) is 0 Å². The van der Waals surface area contributed by atoms with Crippen LogP contribution in [0.3, 0.4) is 0 Å². The van der Waals surface area contributed by atoms with Crippen LogP contribution >= 0.6 is 0 Å². The molecule has 0 fully saturated rings. The van der Waals surface area contributed by atoms with Crippen molar-refractivity contribution in [2.75, 3.05) is 10.6 Å². The largest absolute Gasteiger partial charge is 0.444 e. The zero-order chi connectivity index (χ0) is 24.9. The zero-order valence-electron chi connectivity index (χ0n) is 19.8. The van der Waals surface area contributed by atoms with Crippen LogP contribution in [-0.4, -0.2) is 38.8 Å². The summed E-state index contributed by atoms with van der Waals surface area (Å²) in [7, 11) is 0. The lowest BCUT2D eigenvalue weighted by Crippen LogP contribution is -2.27. The number of hydrogen-bond acceptors (Lipinski definition) is 8. The van der Waals surface area contributed by atoms with Gasteiger partial charge in [0.15, 0.2) is 0 Å². The molecule has 3 aromatic rings. The molecule has 9 heteroatoms. The second kappa shape index (κ2) is 10.1. The Morgan fingerprint density at radius 3 is 2.47 bits per heavy atom. The molecule has 0 radical (unpaired) electrons. The number of anilines is 3. The van der Waals surface area contributed by atoms with E-state index >= 15 is 0 Å². The molecule has 2 heterocycles. The number of amides is 1. The third kappa shape index (κ3) is 6.16. The number of carbonyl (C=O) groups is 1. The van der Waals surface area contributed by atoms with E-state index < -0.39 is 11.7 Å². The van der Waals surface area contributed by atoms with Crippen LogP contribution in [0.25, 0.3) is 11.3 Å². The quantitative estimate of drug-likeness (QED) is 0.211. The van der Waals surface area contributed by atoms with Crippen LogP contribution in [0.1, 0.15) is 44.6 Å². The smallest absolute Gasteiger partial charge is 0.412 e. The van der Waals surface area contributed by atoms with Gasteiger partial charge in [-0.15, -0.1) is 0 Å². The second-order valence-corrected chi connectivity index (χ2v) is 8.64. The fraction of sp³-hybridized carbons (Fsp3) is 0.240. The molecule has 0 aliphatic rings. The zero-order valence-corrected chi connectivity index (χ0v) is 19.8. The normalized spacial score (nSPS) is 11.6. The number of aromatic nitrogens is 2. The van der Waals surface area contributed by atoms with Gasteiger partial charge in [-0.25, -0.2) is 14.8 Å². The van der Waals surface area contributed by atoms with Crippen molar-refractivity contribution in [2.45, 2.75) is 40.2 Å². The van der Waals surface area contributed by atoms with Gasteiger partial charge in [-0.05, 0) is 71.0 Å². The van der Waals surface area contributed by atoms with Crippen molar-refractivity contribution in [3.63, 3.8) is 0 Å². The fourth-order valence-corrected chi connectivity index (χ4v) is 3.18. The second-order valence-electron chi connectivity index (χ2n) is 8.64. The van der Waals surface area contributed by atoms with Crippen LogP contribution in [0, 0.1) is 12.3 Å². The molecule has 0 saturated heterocycles. The molecule has 0 aliphatic heterocycles. The maximum Gasteiger partial charge on any atom is 0.412 e. The molecule has 3 rings (SSSR count). The van der Waals surface area contributed by atoms with Crippen LogP contribution in [0.15, 0.2) is 53.7 Å². The molecule has 0 unspecified atom stereocenters. The molecule has 1 amide bonds. The lowest BCUT2D eigenvalue weighted by atomic mass is 10.0. The molecular weight excluding hydrogens is 432 g/mol. The van der Waals surface area contributed by atoms with Gasteiger partial charge in [-0.3, -0.25) is 5.32 Å². The van der Waals surface area contributed by atoms with Crippen molar-refractivity contribution in [1.82, 2.24) is 9.97 Å². The van der Waals surface area contributed by atoms with E-state index in [1.54, 1.807) is 52.0 Å². The first-order valence-electron chi connectivity index (χ1n) is 10.7. The number of pyridine rings is 2. The number of benzene rings is 1. The van der Waals surface area contributed by atoms with Crippen molar-refractivity contribution in [3.05, 3.63) is 65.5 Å².